The van der Waals surface area contributed by atoms with Crippen molar-refractivity contribution >= 4 is 16.9 Å². The molecule has 2 aromatic heterocycles. The Morgan fingerprint density at radius 3 is 2.84 bits per heavy atom. The van der Waals surface area contributed by atoms with Gasteiger partial charge in [0.05, 0.1) is 11.8 Å². The zero-order valence-corrected chi connectivity index (χ0v) is 11.1. The summed E-state index contributed by atoms with van der Waals surface area (Å²) in [5.74, 6) is -0.372. The van der Waals surface area contributed by atoms with Gasteiger partial charge < -0.3 is 4.74 Å². The highest BCUT2D eigenvalue weighted by Crippen LogP contribution is 2.21. The van der Waals surface area contributed by atoms with Gasteiger partial charge in [-0.3, -0.25) is 14.6 Å². The van der Waals surface area contributed by atoms with E-state index >= 15 is 0 Å². The van der Waals surface area contributed by atoms with E-state index in [-0.39, 0.29) is 28.8 Å². The Morgan fingerprint density at radius 2 is 2.16 bits per heavy atom. The molecule has 2 rings (SSSR count). The third-order valence-electron chi connectivity index (χ3n) is 2.40. The van der Waals surface area contributed by atoms with Gasteiger partial charge in [-0.15, -0.1) is 5.10 Å². The molecule has 0 bridgehead atoms. The molecular weight excluding hydrogens is 246 g/mol. The molecule has 1 N–H and O–H groups in total. The normalized spacial score (nSPS) is 11.5. The number of pyridine rings is 1. The number of hydrogen-bond donors (Lipinski definition) is 1. The minimum Gasteiger partial charge on any atom is -0.403 e. The molecule has 0 aromatic carbocycles. The van der Waals surface area contributed by atoms with Crippen LogP contribution in [0.15, 0.2) is 23.1 Å². The molecule has 0 aliphatic rings. The van der Waals surface area contributed by atoms with Crippen LogP contribution >= 0.6 is 0 Å². The number of aromatic nitrogens is 3. The average Bonchev–Trinajstić information content (AvgIpc) is 2.31. The van der Waals surface area contributed by atoms with E-state index in [2.05, 4.69) is 15.2 Å². The zero-order chi connectivity index (χ0) is 14.0. The number of carbonyl (C=O) groups is 1. The first-order valence-corrected chi connectivity index (χ1v) is 5.91. The molecule has 0 aliphatic heterocycles. The fourth-order valence-electron chi connectivity index (χ4n) is 1.62. The highest BCUT2D eigenvalue weighted by molar-refractivity contribution is 5.84. The maximum atomic E-state index is 11.8. The molecule has 0 saturated heterocycles. The van der Waals surface area contributed by atoms with Crippen LogP contribution in [0.5, 0.6) is 5.88 Å². The van der Waals surface area contributed by atoms with Crippen molar-refractivity contribution in [3.63, 3.8) is 0 Å². The van der Waals surface area contributed by atoms with Gasteiger partial charge in [0.1, 0.15) is 5.52 Å². The summed E-state index contributed by atoms with van der Waals surface area (Å²) in [7, 11) is 0. The number of aromatic amines is 1. The fourth-order valence-corrected chi connectivity index (χ4v) is 1.62. The zero-order valence-electron chi connectivity index (χ0n) is 11.1. The van der Waals surface area contributed by atoms with Crippen LogP contribution in [0.4, 0.5) is 0 Å². The van der Waals surface area contributed by atoms with Crippen molar-refractivity contribution in [1.29, 1.82) is 0 Å². The number of ether oxygens (including phenoxy) is 1. The highest BCUT2D eigenvalue weighted by Gasteiger charge is 2.19. The van der Waals surface area contributed by atoms with Gasteiger partial charge in [-0.1, -0.05) is 20.8 Å². The lowest BCUT2D eigenvalue weighted by molar-refractivity contribution is -0.136. The molecule has 0 amide bonds. The fraction of sp³-hybridized carbons (Fsp3) is 0.385. The van der Waals surface area contributed by atoms with Crippen LogP contribution in [-0.2, 0) is 4.79 Å². The number of rotatable bonds is 2. The number of esters is 1. The number of fused-ring (bicyclic) bond motifs is 1. The molecule has 0 radical (unpaired) electrons. The predicted octanol–water partition coefficient (Wildman–Crippen LogP) is 1.66. The number of nitrogens with one attached hydrogen (secondary N) is 1. The van der Waals surface area contributed by atoms with E-state index in [0.29, 0.717) is 5.39 Å². The number of H-pyrrole nitrogens is 1. The Labute approximate surface area is 109 Å². The molecule has 2 heterocycles. The maximum Gasteiger partial charge on any atom is 0.313 e. The lowest BCUT2D eigenvalue weighted by Gasteiger charge is -2.16. The average molecular weight is 261 g/mol. The van der Waals surface area contributed by atoms with Gasteiger partial charge in [-0.2, -0.15) is 0 Å². The number of carbonyl (C=O) groups excluding carboxylic acids is 1. The summed E-state index contributed by atoms with van der Waals surface area (Å²) in [6.45, 7) is 5.81. The molecule has 0 unspecified atom stereocenters. The standard InChI is InChI=1S/C13H15N3O3/c1-13(2,3)7-9(17)19-12-10-8(5-4-6-14-10)11(18)15-16-12/h4-6H,7H2,1-3H3,(H,15,18). The Bertz CT molecular complexity index is 671. The van der Waals surface area contributed by atoms with Crippen molar-refractivity contribution in [3.8, 4) is 5.88 Å². The molecule has 0 saturated carbocycles. The molecule has 0 aliphatic carbocycles. The second-order valence-electron chi connectivity index (χ2n) is 5.47. The van der Waals surface area contributed by atoms with Gasteiger partial charge in [0.25, 0.3) is 11.4 Å². The van der Waals surface area contributed by atoms with Gasteiger partial charge in [-0.25, -0.2) is 5.10 Å². The van der Waals surface area contributed by atoms with Crippen molar-refractivity contribution in [2.45, 2.75) is 27.2 Å². The Kier molecular flexibility index (Phi) is 3.33. The minimum atomic E-state index is -0.404. The van der Waals surface area contributed by atoms with E-state index in [1.165, 1.54) is 6.20 Å². The lowest BCUT2D eigenvalue weighted by Crippen LogP contribution is -2.19. The van der Waals surface area contributed by atoms with E-state index in [0.717, 1.165) is 0 Å². The third-order valence-corrected chi connectivity index (χ3v) is 2.40. The van der Waals surface area contributed by atoms with E-state index in [4.69, 9.17) is 4.74 Å². The molecule has 6 heteroatoms. The molecule has 100 valence electrons. The molecule has 2 aromatic rings. The lowest BCUT2D eigenvalue weighted by atomic mass is 9.92. The minimum absolute atomic E-state index is 0.0319. The Morgan fingerprint density at radius 1 is 1.42 bits per heavy atom. The molecule has 19 heavy (non-hydrogen) atoms. The van der Waals surface area contributed by atoms with E-state index in [1.807, 2.05) is 20.8 Å². The van der Waals surface area contributed by atoms with Crippen molar-refractivity contribution in [1.82, 2.24) is 15.2 Å². The predicted molar refractivity (Wildman–Crippen MR) is 69.9 cm³/mol. The van der Waals surface area contributed by atoms with Crippen LogP contribution in [0.1, 0.15) is 27.2 Å². The number of nitrogens with zero attached hydrogens (tertiary/aromatic N) is 2. The maximum absolute atomic E-state index is 11.8. The van der Waals surface area contributed by atoms with Crippen molar-refractivity contribution in [2.75, 3.05) is 0 Å². The molecule has 6 nitrogen and oxygen atoms in total. The first-order valence-electron chi connectivity index (χ1n) is 5.91. The Hall–Kier alpha value is -2.24. The van der Waals surface area contributed by atoms with Gasteiger partial charge >= 0.3 is 5.97 Å². The first kappa shape index (κ1) is 13.2. The van der Waals surface area contributed by atoms with Crippen LogP contribution in [0.2, 0.25) is 0 Å². The molecule has 0 atom stereocenters. The van der Waals surface area contributed by atoms with Crippen LogP contribution in [-0.4, -0.2) is 21.2 Å². The summed E-state index contributed by atoms with van der Waals surface area (Å²) in [6.07, 6.45) is 1.77. The number of hydrogen-bond acceptors (Lipinski definition) is 5. The van der Waals surface area contributed by atoms with Crippen molar-refractivity contribution in [3.05, 3.63) is 28.7 Å². The molecule has 0 fully saturated rings. The summed E-state index contributed by atoms with van der Waals surface area (Å²) in [4.78, 5) is 27.4. The second kappa shape index (κ2) is 4.79. The molecule has 0 spiro atoms. The topological polar surface area (TPSA) is 84.9 Å². The smallest absolute Gasteiger partial charge is 0.313 e. The highest BCUT2D eigenvalue weighted by atomic mass is 16.5. The van der Waals surface area contributed by atoms with Crippen LogP contribution < -0.4 is 10.3 Å². The van der Waals surface area contributed by atoms with Crippen LogP contribution in [0.3, 0.4) is 0 Å². The first-order chi connectivity index (χ1) is 8.87. The summed E-state index contributed by atoms with van der Waals surface area (Å²) >= 11 is 0. The van der Waals surface area contributed by atoms with Crippen molar-refractivity contribution in [2.24, 2.45) is 5.41 Å². The van der Waals surface area contributed by atoms with E-state index < -0.39 is 5.97 Å². The van der Waals surface area contributed by atoms with E-state index in [9.17, 15) is 9.59 Å². The summed E-state index contributed by atoms with van der Waals surface area (Å²) < 4.78 is 5.18. The van der Waals surface area contributed by atoms with Gasteiger partial charge in [0.2, 0.25) is 0 Å². The largest absolute Gasteiger partial charge is 0.403 e. The Balaban J connectivity index is 2.34. The van der Waals surface area contributed by atoms with Gasteiger partial charge in [0, 0.05) is 6.20 Å². The summed E-state index contributed by atoms with van der Waals surface area (Å²) in [5.41, 5.74) is -0.255. The van der Waals surface area contributed by atoms with Crippen LogP contribution in [0.25, 0.3) is 10.9 Å². The van der Waals surface area contributed by atoms with Crippen LogP contribution in [0, 0.1) is 5.41 Å². The van der Waals surface area contributed by atoms with Gasteiger partial charge in [0.15, 0.2) is 0 Å². The summed E-state index contributed by atoms with van der Waals surface area (Å²) in [5, 5.41) is 6.37. The van der Waals surface area contributed by atoms with Gasteiger partial charge in [-0.05, 0) is 17.5 Å². The quantitative estimate of drug-likeness (QED) is 0.831. The monoisotopic (exact) mass is 261 g/mol. The van der Waals surface area contributed by atoms with Crippen molar-refractivity contribution < 1.29 is 9.53 Å². The van der Waals surface area contributed by atoms with E-state index in [1.54, 1.807) is 12.1 Å². The molecular formula is C13H15N3O3. The summed E-state index contributed by atoms with van der Waals surface area (Å²) in [6, 6.07) is 3.24. The third kappa shape index (κ3) is 3.15. The second-order valence-corrected chi connectivity index (χ2v) is 5.47. The SMILES string of the molecule is CC(C)(C)CC(=O)Oc1n[nH]c(=O)c2cccnc12.